The van der Waals surface area contributed by atoms with Crippen molar-refractivity contribution in [3.05, 3.63) is 0 Å². The summed E-state index contributed by atoms with van der Waals surface area (Å²) in [6.07, 6.45) is -0.827. The second-order valence-corrected chi connectivity index (χ2v) is 3.48. The van der Waals surface area contributed by atoms with Crippen molar-refractivity contribution in [2.45, 2.75) is 30.7 Å². The molecule has 0 spiro atoms. The molecular formula is C9H16O5. The van der Waals surface area contributed by atoms with Crippen LogP contribution in [0.2, 0.25) is 0 Å². The van der Waals surface area contributed by atoms with Gasteiger partial charge in [0.15, 0.2) is 6.29 Å². The summed E-state index contributed by atoms with van der Waals surface area (Å²) >= 11 is 0. The molecule has 5 atom stereocenters. The maximum Gasteiger partial charge on any atom is 0.187 e. The van der Waals surface area contributed by atoms with E-state index in [2.05, 4.69) is 0 Å². The standard InChI is InChI=1S/C9H16O5/c1-10-6-5-4-13-9(14-5)8(12-3)7(6)11-2/h5-9H,4H2,1-3H3/t5-,6+,7-,8-,9+/m0/s1. The molecule has 2 heterocycles. The zero-order valence-electron chi connectivity index (χ0n) is 8.64. The Kier molecular flexibility index (Phi) is 3.04. The molecule has 2 bridgehead atoms. The van der Waals surface area contributed by atoms with Crippen LogP contribution < -0.4 is 0 Å². The minimum atomic E-state index is -0.318. The first-order chi connectivity index (χ1) is 6.81. The molecule has 0 aromatic rings. The molecule has 0 N–H and O–H groups in total. The SMILES string of the molecule is CO[C@@H]1[C@H](OC)[C@@H]2OC[C@H](O2)[C@H]1OC. The van der Waals surface area contributed by atoms with E-state index >= 15 is 0 Å². The Balaban J connectivity index is 2.16. The van der Waals surface area contributed by atoms with Crippen LogP contribution in [0.4, 0.5) is 0 Å². The Morgan fingerprint density at radius 1 is 0.929 bits per heavy atom. The van der Waals surface area contributed by atoms with Gasteiger partial charge in [0.25, 0.3) is 0 Å². The summed E-state index contributed by atoms with van der Waals surface area (Å²) in [5.41, 5.74) is 0. The third-order valence-corrected chi connectivity index (χ3v) is 2.83. The summed E-state index contributed by atoms with van der Waals surface area (Å²) in [7, 11) is 4.91. The van der Waals surface area contributed by atoms with Gasteiger partial charge in [-0.3, -0.25) is 0 Å². The summed E-state index contributed by atoms with van der Waals surface area (Å²) in [6.45, 7) is 0.545. The maximum atomic E-state index is 5.58. The minimum Gasteiger partial charge on any atom is -0.376 e. The van der Waals surface area contributed by atoms with Crippen molar-refractivity contribution in [2.24, 2.45) is 0 Å². The topological polar surface area (TPSA) is 46.2 Å². The molecule has 2 aliphatic heterocycles. The van der Waals surface area contributed by atoms with Crippen LogP contribution in [0.3, 0.4) is 0 Å². The molecule has 0 unspecified atom stereocenters. The molecule has 2 fully saturated rings. The van der Waals surface area contributed by atoms with E-state index in [1.807, 2.05) is 0 Å². The average molecular weight is 204 g/mol. The van der Waals surface area contributed by atoms with Crippen molar-refractivity contribution in [2.75, 3.05) is 27.9 Å². The zero-order valence-corrected chi connectivity index (χ0v) is 8.64. The fourth-order valence-electron chi connectivity index (χ4n) is 2.14. The van der Waals surface area contributed by atoms with Gasteiger partial charge in [0, 0.05) is 21.3 Å². The molecule has 0 aliphatic carbocycles. The lowest BCUT2D eigenvalue weighted by atomic mass is 10.0. The second-order valence-electron chi connectivity index (χ2n) is 3.48. The van der Waals surface area contributed by atoms with Gasteiger partial charge >= 0.3 is 0 Å². The Morgan fingerprint density at radius 3 is 2.14 bits per heavy atom. The molecular weight excluding hydrogens is 188 g/mol. The number of hydrogen-bond donors (Lipinski definition) is 0. The highest BCUT2D eigenvalue weighted by Gasteiger charge is 2.51. The maximum absolute atomic E-state index is 5.58. The van der Waals surface area contributed by atoms with Crippen LogP contribution in [0.25, 0.3) is 0 Å². The van der Waals surface area contributed by atoms with E-state index in [-0.39, 0.29) is 30.7 Å². The second kappa shape index (κ2) is 4.12. The largest absolute Gasteiger partial charge is 0.376 e. The fourth-order valence-corrected chi connectivity index (χ4v) is 2.14. The van der Waals surface area contributed by atoms with Gasteiger partial charge in [-0.25, -0.2) is 0 Å². The van der Waals surface area contributed by atoms with Gasteiger partial charge in [-0.1, -0.05) is 0 Å². The molecule has 2 aliphatic rings. The van der Waals surface area contributed by atoms with E-state index in [0.29, 0.717) is 6.61 Å². The monoisotopic (exact) mass is 204 g/mol. The Hall–Kier alpha value is -0.200. The molecule has 5 nitrogen and oxygen atoms in total. The number of methoxy groups -OCH3 is 3. The van der Waals surface area contributed by atoms with Crippen LogP contribution in [0.5, 0.6) is 0 Å². The van der Waals surface area contributed by atoms with Crippen LogP contribution in [-0.2, 0) is 23.7 Å². The Morgan fingerprint density at radius 2 is 1.57 bits per heavy atom. The normalized spacial score (nSPS) is 46.9. The van der Waals surface area contributed by atoms with Crippen LogP contribution in [0.15, 0.2) is 0 Å². The first-order valence-electron chi connectivity index (χ1n) is 4.67. The molecule has 5 heteroatoms. The number of ether oxygens (including phenoxy) is 5. The number of fused-ring (bicyclic) bond motifs is 2. The van der Waals surface area contributed by atoms with Crippen molar-refractivity contribution in [3.63, 3.8) is 0 Å². The van der Waals surface area contributed by atoms with E-state index < -0.39 is 0 Å². The van der Waals surface area contributed by atoms with Gasteiger partial charge in [-0.15, -0.1) is 0 Å². The first-order valence-corrected chi connectivity index (χ1v) is 4.67. The highest BCUT2D eigenvalue weighted by molar-refractivity contribution is 4.95. The summed E-state index contributed by atoms with van der Waals surface area (Å²) < 4.78 is 27.0. The van der Waals surface area contributed by atoms with Gasteiger partial charge in [0.05, 0.1) is 6.61 Å². The lowest BCUT2D eigenvalue weighted by molar-refractivity contribution is -0.246. The van der Waals surface area contributed by atoms with E-state index in [9.17, 15) is 0 Å². The molecule has 2 rings (SSSR count). The van der Waals surface area contributed by atoms with Crippen LogP contribution >= 0.6 is 0 Å². The van der Waals surface area contributed by atoms with E-state index in [1.54, 1.807) is 21.3 Å². The lowest BCUT2D eigenvalue weighted by Gasteiger charge is -2.38. The van der Waals surface area contributed by atoms with Crippen molar-refractivity contribution in [1.29, 1.82) is 0 Å². The quantitative estimate of drug-likeness (QED) is 0.636. The first kappa shape index (κ1) is 10.3. The number of hydrogen-bond acceptors (Lipinski definition) is 5. The molecule has 82 valence electrons. The van der Waals surface area contributed by atoms with Crippen LogP contribution in [0.1, 0.15) is 0 Å². The molecule has 0 aromatic carbocycles. The minimum absolute atomic E-state index is 0.0404. The van der Waals surface area contributed by atoms with E-state index in [4.69, 9.17) is 23.7 Å². The van der Waals surface area contributed by atoms with Crippen molar-refractivity contribution in [3.8, 4) is 0 Å². The Bertz CT molecular complexity index is 180. The van der Waals surface area contributed by atoms with Gasteiger partial charge < -0.3 is 23.7 Å². The molecule has 2 saturated heterocycles. The van der Waals surface area contributed by atoms with Gasteiger partial charge in [-0.2, -0.15) is 0 Å². The summed E-state index contributed by atoms with van der Waals surface area (Å²) in [5.74, 6) is 0. The van der Waals surface area contributed by atoms with Crippen LogP contribution in [0, 0.1) is 0 Å². The molecule has 0 aromatic heterocycles. The summed E-state index contributed by atoms with van der Waals surface area (Å²) in [5, 5.41) is 0. The van der Waals surface area contributed by atoms with E-state index in [0.717, 1.165) is 0 Å². The van der Waals surface area contributed by atoms with Crippen molar-refractivity contribution < 1.29 is 23.7 Å². The predicted molar refractivity (Wildman–Crippen MR) is 47.0 cm³/mol. The smallest absolute Gasteiger partial charge is 0.187 e. The van der Waals surface area contributed by atoms with Gasteiger partial charge in [-0.05, 0) is 0 Å². The Labute approximate surface area is 83.2 Å². The van der Waals surface area contributed by atoms with Gasteiger partial charge in [0.2, 0.25) is 0 Å². The lowest BCUT2D eigenvalue weighted by Crippen LogP contribution is -2.56. The van der Waals surface area contributed by atoms with Crippen molar-refractivity contribution in [1.82, 2.24) is 0 Å². The van der Waals surface area contributed by atoms with Gasteiger partial charge in [0.1, 0.15) is 24.4 Å². The highest BCUT2D eigenvalue weighted by atomic mass is 16.8. The molecule has 14 heavy (non-hydrogen) atoms. The zero-order chi connectivity index (χ0) is 10.1. The summed E-state index contributed by atoms with van der Waals surface area (Å²) in [4.78, 5) is 0. The molecule has 0 saturated carbocycles. The molecule has 0 radical (unpaired) electrons. The summed E-state index contributed by atoms with van der Waals surface area (Å²) in [6, 6.07) is 0. The highest BCUT2D eigenvalue weighted by Crippen LogP contribution is 2.32. The number of rotatable bonds is 3. The van der Waals surface area contributed by atoms with E-state index in [1.165, 1.54) is 0 Å². The third-order valence-electron chi connectivity index (χ3n) is 2.83. The third kappa shape index (κ3) is 1.45. The van der Waals surface area contributed by atoms with Crippen molar-refractivity contribution >= 4 is 0 Å². The molecule has 0 amide bonds. The van der Waals surface area contributed by atoms with Crippen LogP contribution in [-0.4, -0.2) is 58.6 Å². The fraction of sp³-hybridized carbons (Fsp3) is 1.00. The predicted octanol–water partition coefficient (Wildman–Crippen LogP) is -0.214. The average Bonchev–Trinajstić information content (AvgIpc) is 2.63.